The van der Waals surface area contributed by atoms with Crippen molar-refractivity contribution in [1.29, 1.82) is 0 Å². The molecule has 2 rings (SSSR count). The van der Waals surface area contributed by atoms with E-state index in [2.05, 4.69) is 0 Å². The van der Waals surface area contributed by atoms with Gasteiger partial charge in [0.2, 0.25) is 10.0 Å². The standard InChI is InChI=1S/C10H19NO3S/c12-15(13,10-4-2-1-3-5-10)11-6-8-14-9-7-11/h10H,1-9H2. The van der Waals surface area contributed by atoms with E-state index in [1.807, 2.05) is 0 Å². The van der Waals surface area contributed by atoms with Crippen molar-refractivity contribution in [2.75, 3.05) is 26.3 Å². The second kappa shape index (κ2) is 4.80. The summed E-state index contributed by atoms with van der Waals surface area (Å²) in [6.45, 7) is 2.18. The van der Waals surface area contributed by atoms with Crippen molar-refractivity contribution in [1.82, 2.24) is 4.31 Å². The molecule has 1 aliphatic carbocycles. The second-order valence-corrected chi connectivity index (χ2v) is 6.53. The number of morpholine rings is 1. The number of hydrogen-bond acceptors (Lipinski definition) is 3. The molecule has 0 spiro atoms. The van der Waals surface area contributed by atoms with Crippen LogP contribution in [0.15, 0.2) is 0 Å². The fourth-order valence-corrected chi connectivity index (χ4v) is 4.38. The van der Waals surface area contributed by atoms with Gasteiger partial charge in [0.15, 0.2) is 0 Å². The molecule has 0 aromatic carbocycles. The summed E-state index contributed by atoms with van der Waals surface area (Å²) in [6.07, 6.45) is 5.01. The Morgan fingerprint density at radius 3 is 2.20 bits per heavy atom. The molecule has 0 radical (unpaired) electrons. The monoisotopic (exact) mass is 233 g/mol. The minimum atomic E-state index is -3.03. The largest absolute Gasteiger partial charge is 0.379 e. The van der Waals surface area contributed by atoms with Crippen molar-refractivity contribution in [3.63, 3.8) is 0 Å². The van der Waals surface area contributed by atoms with Gasteiger partial charge in [-0.1, -0.05) is 19.3 Å². The van der Waals surface area contributed by atoms with E-state index >= 15 is 0 Å². The highest BCUT2D eigenvalue weighted by Gasteiger charge is 2.33. The van der Waals surface area contributed by atoms with Gasteiger partial charge < -0.3 is 4.74 Å². The summed E-state index contributed by atoms with van der Waals surface area (Å²) in [5.41, 5.74) is 0. The van der Waals surface area contributed by atoms with Crippen LogP contribution in [-0.4, -0.2) is 44.3 Å². The van der Waals surface area contributed by atoms with Crippen LogP contribution in [0.25, 0.3) is 0 Å². The van der Waals surface area contributed by atoms with Crippen LogP contribution in [0.2, 0.25) is 0 Å². The van der Waals surface area contributed by atoms with E-state index in [4.69, 9.17) is 4.74 Å². The summed E-state index contributed by atoms with van der Waals surface area (Å²) in [5.74, 6) is 0. The Morgan fingerprint density at radius 1 is 1.00 bits per heavy atom. The van der Waals surface area contributed by atoms with Gasteiger partial charge in [-0.15, -0.1) is 0 Å². The van der Waals surface area contributed by atoms with Crippen LogP contribution in [0.3, 0.4) is 0 Å². The van der Waals surface area contributed by atoms with E-state index in [1.54, 1.807) is 4.31 Å². The van der Waals surface area contributed by atoms with Crippen molar-refractivity contribution in [2.24, 2.45) is 0 Å². The van der Waals surface area contributed by atoms with Gasteiger partial charge >= 0.3 is 0 Å². The van der Waals surface area contributed by atoms with Crippen LogP contribution in [0, 0.1) is 0 Å². The van der Waals surface area contributed by atoms with Crippen LogP contribution in [0.1, 0.15) is 32.1 Å². The van der Waals surface area contributed by atoms with Crippen molar-refractivity contribution in [2.45, 2.75) is 37.4 Å². The van der Waals surface area contributed by atoms with Gasteiger partial charge in [0.1, 0.15) is 0 Å². The van der Waals surface area contributed by atoms with Crippen LogP contribution in [0.5, 0.6) is 0 Å². The predicted octanol–water partition coefficient (Wildman–Crippen LogP) is 0.981. The number of rotatable bonds is 2. The molecule has 0 unspecified atom stereocenters. The molecule has 1 heterocycles. The number of nitrogens with zero attached hydrogens (tertiary/aromatic N) is 1. The highest BCUT2D eigenvalue weighted by molar-refractivity contribution is 7.89. The van der Waals surface area contributed by atoms with Gasteiger partial charge in [0, 0.05) is 13.1 Å². The van der Waals surface area contributed by atoms with E-state index in [9.17, 15) is 8.42 Å². The molecule has 1 aliphatic heterocycles. The lowest BCUT2D eigenvalue weighted by Crippen LogP contribution is -2.45. The maximum atomic E-state index is 12.2. The third-order valence-electron chi connectivity index (χ3n) is 3.30. The normalized spacial score (nSPS) is 26.7. The van der Waals surface area contributed by atoms with Crippen LogP contribution in [-0.2, 0) is 14.8 Å². The molecule has 2 fully saturated rings. The van der Waals surface area contributed by atoms with Gasteiger partial charge in [-0.05, 0) is 12.8 Å². The Hall–Kier alpha value is -0.130. The van der Waals surface area contributed by atoms with E-state index in [-0.39, 0.29) is 5.25 Å². The Balaban J connectivity index is 2.03. The Morgan fingerprint density at radius 2 is 1.60 bits per heavy atom. The van der Waals surface area contributed by atoms with Crippen molar-refractivity contribution in [3.8, 4) is 0 Å². The predicted molar refractivity (Wildman–Crippen MR) is 58.2 cm³/mol. The SMILES string of the molecule is O=S(=O)(C1CCCCC1)N1CCOCC1. The van der Waals surface area contributed by atoms with Crippen LogP contribution in [0.4, 0.5) is 0 Å². The van der Waals surface area contributed by atoms with Gasteiger partial charge in [-0.2, -0.15) is 4.31 Å². The van der Waals surface area contributed by atoms with Crippen LogP contribution < -0.4 is 0 Å². The molecule has 0 amide bonds. The molecular formula is C10H19NO3S. The quantitative estimate of drug-likeness (QED) is 0.714. The number of sulfonamides is 1. The molecule has 0 atom stereocenters. The van der Waals surface area contributed by atoms with Crippen molar-refractivity contribution < 1.29 is 13.2 Å². The molecule has 0 aromatic heterocycles. The summed E-state index contributed by atoms with van der Waals surface area (Å²) in [7, 11) is -3.03. The molecule has 0 bridgehead atoms. The van der Waals surface area contributed by atoms with E-state index in [0.717, 1.165) is 25.7 Å². The average Bonchev–Trinajstić information content (AvgIpc) is 2.31. The molecule has 15 heavy (non-hydrogen) atoms. The fourth-order valence-electron chi connectivity index (χ4n) is 2.37. The average molecular weight is 233 g/mol. The highest BCUT2D eigenvalue weighted by Crippen LogP contribution is 2.26. The molecule has 5 heteroatoms. The summed E-state index contributed by atoms with van der Waals surface area (Å²) < 4.78 is 31.2. The molecule has 0 aromatic rings. The highest BCUT2D eigenvalue weighted by atomic mass is 32.2. The van der Waals surface area contributed by atoms with Gasteiger partial charge in [0.05, 0.1) is 18.5 Å². The fraction of sp³-hybridized carbons (Fsp3) is 1.00. The molecule has 0 N–H and O–H groups in total. The molecule has 4 nitrogen and oxygen atoms in total. The molecule has 2 aliphatic rings. The zero-order valence-corrected chi connectivity index (χ0v) is 9.84. The third-order valence-corrected chi connectivity index (χ3v) is 5.70. The number of hydrogen-bond donors (Lipinski definition) is 0. The zero-order valence-electron chi connectivity index (χ0n) is 9.02. The lowest BCUT2D eigenvalue weighted by atomic mass is 10.0. The summed E-state index contributed by atoms with van der Waals surface area (Å²) in [5, 5.41) is -0.121. The second-order valence-electron chi connectivity index (χ2n) is 4.32. The van der Waals surface area contributed by atoms with Crippen LogP contribution >= 0.6 is 0 Å². The van der Waals surface area contributed by atoms with Crippen molar-refractivity contribution >= 4 is 10.0 Å². The lowest BCUT2D eigenvalue weighted by Gasteiger charge is -2.31. The first-order valence-corrected chi connectivity index (χ1v) is 7.28. The maximum absolute atomic E-state index is 12.2. The topological polar surface area (TPSA) is 46.6 Å². The van der Waals surface area contributed by atoms with E-state index < -0.39 is 10.0 Å². The minimum absolute atomic E-state index is 0.121. The lowest BCUT2D eigenvalue weighted by molar-refractivity contribution is 0.0724. The molecular weight excluding hydrogens is 214 g/mol. The van der Waals surface area contributed by atoms with Gasteiger partial charge in [-0.3, -0.25) is 0 Å². The van der Waals surface area contributed by atoms with Gasteiger partial charge in [-0.25, -0.2) is 8.42 Å². The first-order valence-electron chi connectivity index (χ1n) is 5.78. The summed E-state index contributed by atoms with van der Waals surface area (Å²) >= 11 is 0. The Bertz CT molecular complexity index is 266. The molecule has 1 saturated heterocycles. The molecule has 1 saturated carbocycles. The maximum Gasteiger partial charge on any atom is 0.217 e. The summed E-state index contributed by atoms with van der Waals surface area (Å²) in [6, 6.07) is 0. The van der Waals surface area contributed by atoms with E-state index in [0.29, 0.717) is 26.3 Å². The Kier molecular flexibility index (Phi) is 3.64. The smallest absolute Gasteiger partial charge is 0.217 e. The first-order chi connectivity index (χ1) is 7.21. The molecule has 88 valence electrons. The number of ether oxygens (including phenoxy) is 1. The van der Waals surface area contributed by atoms with Crippen molar-refractivity contribution in [3.05, 3.63) is 0 Å². The minimum Gasteiger partial charge on any atom is -0.379 e. The van der Waals surface area contributed by atoms with Gasteiger partial charge in [0.25, 0.3) is 0 Å². The third kappa shape index (κ3) is 2.52. The van der Waals surface area contributed by atoms with E-state index in [1.165, 1.54) is 6.42 Å². The first kappa shape index (κ1) is 11.4. The zero-order chi connectivity index (χ0) is 10.7. The summed E-state index contributed by atoms with van der Waals surface area (Å²) in [4.78, 5) is 0. The Labute approximate surface area is 91.6 Å².